The number of nitrogens with one attached hydrogen (secondary N) is 1. The van der Waals surface area contributed by atoms with Crippen LogP contribution in [0, 0.1) is 0 Å². The van der Waals surface area contributed by atoms with Crippen molar-refractivity contribution in [3.8, 4) is 5.75 Å². The minimum Gasteiger partial charge on any atom is -0.497 e. The molecule has 1 unspecified atom stereocenters. The second kappa shape index (κ2) is 6.08. The van der Waals surface area contributed by atoms with Gasteiger partial charge in [0.15, 0.2) is 6.23 Å². The molecule has 0 saturated heterocycles. The number of ether oxygens (including phenoxy) is 1. The van der Waals surface area contributed by atoms with Gasteiger partial charge in [0.2, 0.25) is 0 Å². The first-order valence-electron chi connectivity index (χ1n) is 6.02. The Kier molecular flexibility index (Phi) is 4.22. The van der Waals surface area contributed by atoms with E-state index in [1.54, 1.807) is 49.6 Å². The molecule has 2 aromatic carbocycles. The van der Waals surface area contributed by atoms with Crippen molar-refractivity contribution in [2.75, 3.05) is 12.4 Å². The molecule has 0 bridgehead atoms. The molecule has 20 heavy (non-hydrogen) atoms. The molecule has 104 valence electrons. The fourth-order valence-corrected chi connectivity index (χ4v) is 1.88. The van der Waals surface area contributed by atoms with Crippen molar-refractivity contribution in [2.45, 2.75) is 6.23 Å². The SMILES string of the molecule is COc1cccc(NC(O)c2ccccc2C(=O)O)c1. The number of aliphatic hydroxyl groups excluding tert-OH is 1. The average molecular weight is 273 g/mol. The predicted octanol–water partition coefficient (Wildman–Crippen LogP) is 2.50. The summed E-state index contributed by atoms with van der Waals surface area (Å²) in [7, 11) is 1.55. The molecule has 0 radical (unpaired) electrons. The average Bonchev–Trinajstić information content (AvgIpc) is 2.47. The van der Waals surface area contributed by atoms with E-state index in [1.807, 2.05) is 0 Å². The zero-order valence-corrected chi connectivity index (χ0v) is 10.9. The van der Waals surface area contributed by atoms with Crippen molar-refractivity contribution >= 4 is 11.7 Å². The van der Waals surface area contributed by atoms with E-state index in [-0.39, 0.29) is 5.56 Å². The van der Waals surface area contributed by atoms with Gasteiger partial charge in [-0.15, -0.1) is 0 Å². The minimum atomic E-state index is -1.12. The van der Waals surface area contributed by atoms with Gasteiger partial charge in [0, 0.05) is 17.3 Å². The fourth-order valence-electron chi connectivity index (χ4n) is 1.88. The third kappa shape index (κ3) is 3.07. The van der Waals surface area contributed by atoms with Crippen LogP contribution in [0.3, 0.4) is 0 Å². The summed E-state index contributed by atoms with van der Waals surface area (Å²) in [6.07, 6.45) is -1.12. The number of carboxylic acids is 1. The molecule has 3 N–H and O–H groups in total. The maximum Gasteiger partial charge on any atom is 0.336 e. The molecule has 1 atom stereocenters. The van der Waals surface area contributed by atoms with Gasteiger partial charge in [-0.25, -0.2) is 4.79 Å². The Labute approximate surface area is 116 Å². The highest BCUT2D eigenvalue weighted by Gasteiger charge is 2.16. The van der Waals surface area contributed by atoms with E-state index in [4.69, 9.17) is 9.84 Å². The summed E-state index contributed by atoms with van der Waals surface area (Å²) in [6.45, 7) is 0. The lowest BCUT2D eigenvalue weighted by Crippen LogP contribution is -2.14. The van der Waals surface area contributed by atoms with E-state index >= 15 is 0 Å². The molecule has 0 amide bonds. The normalized spacial score (nSPS) is 11.7. The molecule has 5 nitrogen and oxygen atoms in total. The van der Waals surface area contributed by atoms with E-state index in [1.165, 1.54) is 6.07 Å². The Hall–Kier alpha value is -2.53. The van der Waals surface area contributed by atoms with Crippen LogP contribution in [0.2, 0.25) is 0 Å². The summed E-state index contributed by atoms with van der Waals surface area (Å²) >= 11 is 0. The number of benzene rings is 2. The fraction of sp³-hybridized carbons (Fsp3) is 0.133. The van der Waals surface area contributed by atoms with Gasteiger partial charge in [-0.3, -0.25) is 0 Å². The second-order valence-electron chi connectivity index (χ2n) is 4.17. The van der Waals surface area contributed by atoms with Crippen LogP contribution < -0.4 is 10.1 Å². The smallest absolute Gasteiger partial charge is 0.336 e. The number of carbonyl (C=O) groups is 1. The number of anilines is 1. The van der Waals surface area contributed by atoms with Crippen molar-refractivity contribution < 1.29 is 19.7 Å². The summed E-state index contributed by atoms with van der Waals surface area (Å²) in [4.78, 5) is 11.1. The highest BCUT2D eigenvalue weighted by molar-refractivity contribution is 5.89. The summed E-state index contributed by atoms with van der Waals surface area (Å²) in [5.74, 6) is -0.430. The number of carboxylic acid groups (broad SMARTS) is 1. The van der Waals surface area contributed by atoms with Crippen LogP contribution in [-0.4, -0.2) is 23.3 Å². The maximum absolute atomic E-state index is 11.1. The van der Waals surface area contributed by atoms with Gasteiger partial charge in [-0.05, 0) is 18.2 Å². The molecule has 0 spiro atoms. The molecule has 2 aromatic rings. The number of aliphatic hydroxyl groups is 1. The number of hydrogen-bond acceptors (Lipinski definition) is 4. The summed E-state index contributed by atoms with van der Waals surface area (Å²) < 4.78 is 5.09. The van der Waals surface area contributed by atoms with Crippen molar-refractivity contribution in [3.05, 3.63) is 59.7 Å². The third-order valence-corrected chi connectivity index (χ3v) is 2.86. The largest absolute Gasteiger partial charge is 0.497 e. The van der Waals surface area contributed by atoms with Crippen LogP contribution in [0.5, 0.6) is 5.75 Å². The number of hydrogen-bond donors (Lipinski definition) is 3. The summed E-state index contributed by atoms with van der Waals surface area (Å²) in [5, 5.41) is 22.1. The van der Waals surface area contributed by atoms with Crippen LogP contribution >= 0.6 is 0 Å². The van der Waals surface area contributed by atoms with Crippen LogP contribution in [0.4, 0.5) is 5.69 Å². The lowest BCUT2D eigenvalue weighted by molar-refractivity contribution is 0.0690. The standard InChI is InChI=1S/C15H15NO4/c1-20-11-6-4-5-10(9-11)16-14(17)12-7-2-3-8-13(12)15(18)19/h2-9,14,16-17H,1H3,(H,18,19). The molecular formula is C15H15NO4. The lowest BCUT2D eigenvalue weighted by Gasteiger charge is -2.16. The van der Waals surface area contributed by atoms with Crippen LogP contribution in [0.25, 0.3) is 0 Å². The Bertz CT molecular complexity index is 612. The Balaban J connectivity index is 2.23. The van der Waals surface area contributed by atoms with Crippen LogP contribution in [0.1, 0.15) is 22.1 Å². The van der Waals surface area contributed by atoms with Gasteiger partial charge in [0.1, 0.15) is 5.75 Å². The number of methoxy groups -OCH3 is 1. The molecule has 0 aliphatic rings. The van der Waals surface area contributed by atoms with E-state index in [0.29, 0.717) is 17.0 Å². The van der Waals surface area contributed by atoms with Crippen LogP contribution in [0.15, 0.2) is 48.5 Å². The highest BCUT2D eigenvalue weighted by atomic mass is 16.5. The molecule has 0 fully saturated rings. The summed E-state index contributed by atoms with van der Waals surface area (Å²) in [5.41, 5.74) is 1.01. The van der Waals surface area contributed by atoms with E-state index in [9.17, 15) is 9.90 Å². The molecule has 0 saturated carbocycles. The van der Waals surface area contributed by atoms with Gasteiger partial charge in [0.25, 0.3) is 0 Å². The number of aromatic carboxylic acids is 1. The van der Waals surface area contributed by atoms with E-state index in [2.05, 4.69) is 5.32 Å². The van der Waals surface area contributed by atoms with Crippen molar-refractivity contribution in [3.63, 3.8) is 0 Å². The minimum absolute atomic E-state index is 0.0652. The quantitative estimate of drug-likeness (QED) is 0.729. The van der Waals surface area contributed by atoms with Crippen molar-refractivity contribution in [1.29, 1.82) is 0 Å². The molecule has 0 heterocycles. The second-order valence-corrected chi connectivity index (χ2v) is 4.17. The Morgan fingerprint density at radius 3 is 2.65 bits per heavy atom. The zero-order chi connectivity index (χ0) is 14.5. The predicted molar refractivity (Wildman–Crippen MR) is 75.0 cm³/mol. The van der Waals surface area contributed by atoms with Crippen LogP contribution in [-0.2, 0) is 0 Å². The molecule has 0 aromatic heterocycles. The van der Waals surface area contributed by atoms with Crippen molar-refractivity contribution in [1.82, 2.24) is 0 Å². The molecule has 5 heteroatoms. The van der Waals surface area contributed by atoms with Gasteiger partial charge in [-0.2, -0.15) is 0 Å². The topological polar surface area (TPSA) is 78.8 Å². The molecule has 0 aliphatic heterocycles. The first-order chi connectivity index (χ1) is 9.61. The maximum atomic E-state index is 11.1. The van der Waals surface area contributed by atoms with Gasteiger partial charge in [0.05, 0.1) is 12.7 Å². The highest BCUT2D eigenvalue weighted by Crippen LogP contribution is 2.23. The lowest BCUT2D eigenvalue weighted by atomic mass is 10.1. The summed E-state index contributed by atoms with van der Waals surface area (Å²) in [6, 6.07) is 13.3. The Morgan fingerprint density at radius 1 is 1.20 bits per heavy atom. The zero-order valence-electron chi connectivity index (χ0n) is 10.9. The first kappa shape index (κ1) is 13.9. The Morgan fingerprint density at radius 2 is 1.95 bits per heavy atom. The molecule has 0 aliphatic carbocycles. The van der Waals surface area contributed by atoms with Gasteiger partial charge >= 0.3 is 5.97 Å². The monoisotopic (exact) mass is 273 g/mol. The third-order valence-electron chi connectivity index (χ3n) is 2.86. The van der Waals surface area contributed by atoms with Crippen molar-refractivity contribution in [2.24, 2.45) is 0 Å². The number of rotatable bonds is 5. The molecular weight excluding hydrogens is 258 g/mol. The molecule has 2 rings (SSSR count). The first-order valence-corrected chi connectivity index (χ1v) is 6.02. The van der Waals surface area contributed by atoms with Gasteiger partial charge < -0.3 is 20.3 Å². The van der Waals surface area contributed by atoms with E-state index < -0.39 is 12.2 Å². The van der Waals surface area contributed by atoms with E-state index in [0.717, 1.165) is 0 Å². The van der Waals surface area contributed by atoms with Gasteiger partial charge in [-0.1, -0.05) is 24.3 Å².